The quantitative estimate of drug-likeness (QED) is 0.871. The van der Waals surface area contributed by atoms with Gasteiger partial charge in [0.05, 0.1) is 7.11 Å². The second-order valence-corrected chi connectivity index (χ2v) is 5.54. The third kappa shape index (κ3) is 2.61. The van der Waals surface area contributed by atoms with Crippen LogP contribution in [-0.2, 0) is 0 Å². The molecule has 0 aromatic heterocycles. The molecule has 3 atom stereocenters. The van der Waals surface area contributed by atoms with E-state index < -0.39 is 0 Å². The van der Waals surface area contributed by atoms with Crippen LogP contribution in [-0.4, -0.2) is 20.7 Å². The Labute approximate surface area is 110 Å². The molecule has 2 rings (SSSR count). The minimum atomic E-state index is -0.0183. The molecular formula is C15H24N2O. The second kappa shape index (κ2) is 5.19. The van der Waals surface area contributed by atoms with Crippen LogP contribution < -0.4 is 15.4 Å². The van der Waals surface area contributed by atoms with E-state index in [4.69, 9.17) is 10.5 Å². The molecule has 2 N–H and O–H groups in total. The third-order valence-corrected chi connectivity index (χ3v) is 3.91. The van der Waals surface area contributed by atoms with E-state index in [0.29, 0.717) is 0 Å². The van der Waals surface area contributed by atoms with Crippen LogP contribution in [0.2, 0.25) is 0 Å². The van der Waals surface area contributed by atoms with Crippen molar-refractivity contribution in [3.8, 4) is 5.75 Å². The van der Waals surface area contributed by atoms with E-state index in [9.17, 15) is 0 Å². The lowest BCUT2D eigenvalue weighted by atomic mass is 10.0. The van der Waals surface area contributed by atoms with Crippen molar-refractivity contribution >= 4 is 5.69 Å². The molecule has 0 radical (unpaired) electrons. The van der Waals surface area contributed by atoms with Gasteiger partial charge in [0.25, 0.3) is 0 Å². The highest BCUT2D eigenvalue weighted by molar-refractivity contribution is 5.60. The molecule has 0 heterocycles. The normalized spacial score (nSPS) is 23.6. The summed E-state index contributed by atoms with van der Waals surface area (Å²) in [6.07, 6.45) is 1.35. The summed E-state index contributed by atoms with van der Waals surface area (Å²) in [4.78, 5) is 2.31. The summed E-state index contributed by atoms with van der Waals surface area (Å²) < 4.78 is 5.43. The van der Waals surface area contributed by atoms with E-state index in [1.54, 1.807) is 7.11 Å². The molecule has 0 aliphatic heterocycles. The average molecular weight is 248 g/mol. The van der Waals surface area contributed by atoms with Crippen molar-refractivity contribution in [1.29, 1.82) is 0 Å². The van der Waals surface area contributed by atoms with Crippen LogP contribution >= 0.6 is 0 Å². The van der Waals surface area contributed by atoms with Crippen molar-refractivity contribution in [3.63, 3.8) is 0 Å². The topological polar surface area (TPSA) is 38.5 Å². The first-order valence-corrected chi connectivity index (χ1v) is 6.68. The maximum absolute atomic E-state index is 6.10. The Kier molecular flexibility index (Phi) is 3.81. The van der Waals surface area contributed by atoms with Crippen LogP contribution in [0.25, 0.3) is 0 Å². The number of nitrogens with two attached hydrogens (primary N) is 1. The average Bonchev–Trinajstić information content (AvgIpc) is 3.03. The number of nitrogens with zero attached hydrogens (tertiary/aromatic N) is 1. The van der Waals surface area contributed by atoms with Crippen molar-refractivity contribution < 1.29 is 4.74 Å². The van der Waals surface area contributed by atoms with Gasteiger partial charge in [0.2, 0.25) is 0 Å². The van der Waals surface area contributed by atoms with Gasteiger partial charge in [-0.25, -0.2) is 0 Å². The predicted molar refractivity (Wildman–Crippen MR) is 76.1 cm³/mol. The molecule has 3 heteroatoms. The van der Waals surface area contributed by atoms with Crippen LogP contribution in [0.3, 0.4) is 0 Å². The van der Waals surface area contributed by atoms with E-state index in [2.05, 4.69) is 24.9 Å². The maximum Gasteiger partial charge on any atom is 0.125 e. The molecular weight excluding hydrogens is 224 g/mol. The van der Waals surface area contributed by atoms with Gasteiger partial charge in [-0.05, 0) is 37.3 Å². The first kappa shape index (κ1) is 13.2. The van der Waals surface area contributed by atoms with Crippen LogP contribution in [0.4, 0.5) is 5.69 Å². The fourth-order valence-corrected chi connectivity index (χ4v) is 2.60. The van der Waals surface area contributed by atoms with Gasteiger partial charge in [-0.3, -0.25) is 0 Å². The molecule has 1 aliphatic carbocycles. The highest BCUT2D eigenvalue weighted by Crippen LogP contribution is 2.40. The molecule has 2 unspecified atom stereocenters. The third-order valence-electron chi connectivity index (χ3n) is 3.91. The molecule has 1 aliphatic rings. The molecule has 1 fully saturated rings. The van der Waals surface area contributed by atoms with E-state index in [1.807, 2.05) is 19.1 Å². The second-order valence-electron chi connectivity index (χ2n) is 5.54. The Morgan fingerprint density at radius 1 is 1.50 bits per heavy atom. The zero-order valence-electron chi connectivity index (χ0n) is 11.8. The molecule has 1 saturated carbocycles. The molecule has 3 nitrogen and oxygen atoms in total. The van der Waals surface area contributed by atoms with Crippen molar-refractivity contribution in [1.82, 2.24) is 0 Å². The van der Waals surface area contributed by atoms with Crippen LogP contribution in [0.15, 0.2) is 18.2 Å². The maximum atomic E-state index is 6.10. The molecule has 1 aromatic rings. The highest BCUT2D eigenvalue weighted by atomic mass is 16.5. The number of anilines is 1. The van der Waals surface area contributed by atoms with Crippen molar-refractivity contribution in [2.24, 2.45) is 17.6 Å². The Bertz CT molecular complexity index is 417. The molecule has 1 aromatic carbocycles. The first-order valence-electron chi connectivity index (χ1n) is 6.68. The lowest BCUT2D eigenvalue weighted by molar-refractivity contribution is 0.407. The Balaban J connectivity index is 2.25. The minimum Gasteiger partial charge on any atom is -0.496 e. The number of hydrogen-bond acceptors (Lipinski definition) is 3. The van der Waals surface area contributed by atoms with Gasteiger partial charge in [-0.15, -0.1) is 0 Å². The Hall–Kier alpha value is -1.22. The molecule has 0 bridgehead atoms. The number of benzene rings is 1. The fourth-order valence-electron chi connectivity index (χ4n) is 2.60. The summed E-state index contributed by atoms with van der Waals surface area (Å²) >= 11 is 0. The molecule has 0 amide bonds. The SMILES string of the molecule is COc1cccc(N(C)CC2CC2C)c1[C@@H](C)N. The van der Waals surface area contributed by atoms with Crippen molar-refractivity contribution in [2.75, 3.05) is 25.6 Å². The molecule has 0 saturated heterocycles. The van der Waals surface area contributed by atoms with Crippen LogP contribution in [0.1, 0.15) is 31.9 Å². The lowest BCUT2D eigenvalue weighted by Crippen LogP contribution is -2.23. The van der Waals surface area contributed by atoms with Gasteiger partial charge < -0.3 is 15.4 Å². The van der Waals surface area contributed by atoms with Gasteiger partial charge in [-0.1, -0.05) is 13.0 Å². The van der Waals surface area contributed by atoms with Gasteiger partial charge in [0.1, 0.15) is 5.75 Å². The number of methoxy groups -OCH3 is 1. The van der Waals surface area contributed by atoms with E-state index in [1.165, 1.54) is 12.1 Å². The zero-order valence-corrected chi connectivity index (χ0v) is 11.8. The van der Waals surface area contributed by atoms with Gasteiger partial charge >= 0.3 is 0 Å². The van der Waals surface area contributed by atoms with Gasteiger partial charge in [0.15, 0.2) is 0 Å². The Morgan fingerprint density at radius 3 is 2.67 bits per heavy atom. The Morgan fingerprint density at radius 2 is 2.17 bits per heavy atom. The minimum absolute atomic E-state index is 0.0183. The summed E-state index contributed by atoms with van der Waals surface area (Å²) in [5.41, 5.74) is 8.40. The summed E-state index contributed by atoms with van der Waals surface area (Å²) in [6.45, 7) is 5.43. The van der Waals surface area contributed by atoms with E-state index in [0.717, 1.165) is 29.7 Å². The van der Waals surface area contributed by atoms with Gasteiger partial charge in [-0.2, -0.15) is 0 Å². The van der Waals surface area contributed by atoms with Crippen LogP contribution in [0, 0.1) is 11.8 Å². The summed E-state index contributed by atoms with van der Waals surface area (Å²) in [6, 6.07) is 6.13. The molecule has 0 spiro atoms. The fraction of sp³-hybridized carbons (Fsp3) is 0.600. The number of ether oxygens (including phenoxy) is 1. The highest BCUT2D eigenvalue weighted by Gasteiger charge is 2.33. The first-order chi connectivity index (χ1) is 8.54. The van der Waals surface area contributed by atoms with Gasteiger partial charge in [0, 0.05) is 30.9 Å². The zero-order chi connectivity index (χ0) is 13.3. The monoisotopic (exact) mass is 248 g/mol. The lowest BCUT2D eigenvalue weighted by Gasteiger charge is -2.25. The van der Waals surface area contributed by atoms with Crippen molar-refractivity contribution in [2.45, 2.75) is 26.3 Å². The smallest absolute Gasteiger partial charge is 0.125 e. The summed E-state index contributed by atoms with van der Waals surface area (Å²) in [7, 11) is 3.85. The van der Waals surface area contributed by atoms with E-state index >= 15 is 0 Å². The van der Waals surface area contributed by atoms with E-state index in [-0.39, 0.29) is 6.04 Å². The summed E-state index contributed by atoms with van der Waals surface area (Å²) in [5, 5.41) is 0. The van der Waals surface area contributed by atoms with Crippen LogP contribution in [0.5, 0.6) is 5.75 Å². The largest absolute Gasteiger partial charge is 0.496 e. The standard InChI is InChI=1S/C15H24N2O/c1-10-8-12(10)9-17(3)13-6-5-7-14(18-4)15(13)11(2)16/h5-7,10-12H,8-9,16H2,1-4H3/t10?,11-,12?/m1/s1. The summed E-state index contributed by atoms with van der Waals surface area (Å²) in [5.74, 6) is 2.59. The number of rotatable bonds is 5. The predicted octanol–water partition coefficient (Wildman–Crippen LogP) is 2.81. The molecule has 100 valence electrons. The molecule has 18 heavy (non-hydrogen) atoms. The van der Waals surface area contributed by atoms with Crippen molar-refractivity contribution in [3.05, 3.63) is 23.8 Å². The number of hydrogen-bond donors (Lipinski definition) is 1.